The van der Waals surface area contributed by atoms with Crippen LogP contribution in [0.2, 0.25) is 0 Å². The lowest BCUT2D eigenvalue weighted by Gasteiger charge is -2.41. The summed E-state index contributed by atoms with van der Waals surface area (Å²) in [6.07, 6.45) is 3.47. The number of urea groups is 1. The van der Waals surface area contributed by atoms with Crippen molar-refractivity contribution in [2.24, 2.45) is 11.3 Å². The number of amides is 3. The van der Waals surface area contributed by atoms with Crippen molar-refractivity contribution in [2.75, 3.05) is 44.9 Å². The zero-order valence-corrected chi connectivity index (χ0v) is 19.3. The molecule has 7 nitrogen and oxygen atoms in total. The first-order valence-electron chi connectivity index (χ1n) is 11.5. The van der Waals surface area contributed by atoms with Gasteiger partial charge in [-0.2, -0.15) is 0 Å². The van der Waals surface area contributed by atoms with Crippen LogP contribution < -0.4 is 15.0 Å². The van der Waals surface area contributed by atoms with E-state index in [2.05, 4.69) is 42.0 Å². The fourth-order valence-electron chi connectivity index (χ4n) is 5.34. The first-order valence-corrected chi connectivity index (χ1v) is 11.5. The van der Waals surface area contributed by atoms with E-state index in [4.69, 9.17) is 4.74 Å². The highest BCUT2D eigenvalue weighted by Gasteiger charge is 2.53. The predicted octanol–water partition coefficient (Wildman–Crippen LogP) is 3.30. The van der Waals surface area contributed by atoms with Gasteiger partial charge in [-0.15, -0.1) is 0 Å². The maximum atomic E-state index is 13.3. The summed E-state index contributed by atoms with van der Waals surface area (Å²) in [5.74, 6) is 1.44. The molecule has 2 aliphatic heterocycles. The summed E-state index contributed by atoms with van der Waals surface area (Å²) in [7, 11) is 1.69. The zero-order valence-electron chi connectivity index (χ0n) is 19.3. The lowest BCUT2D eigenvalue weighted by atomic mass is 9.67. The molecule has 4 rings (SSSR count). The third-order valence-electron chi connectivity index (χ3n) is 7.45. The molecule has 1 aromatic carbocycles. The molecule has 31 heavy (non-hydrogen) atoms. The largest absolute Gasteiger partial charge is 0.495 e. The van der Waals surface area contributed by atoms with Gasteiger partial charge in [0.15, 0.2) is 0 Å². The highest BCUT2D eigenvalue weighted by molar-refractivity contribution is 6.07. The van der Waals surface area contributed by atoms with Gasteiger partial charge >= 0.3 is 6.03 Å². The van der Waals surface area contributed by atoms with Crippen LogP contribution in [0.3, 0.4) is 0 Å². The van der Waals surface area contributed by atoms with Gasteiger partial charge in [0.25, 0.3) is 5.91 Å². The Morgan fingerprint density at radius 1 is 1.06 bits per heavy atom. The van der Waals surface area contributed by atoms with Gasteiger partial charge in [-0.1, -0.05) is 32.9 Å². The molecule has 1 saturated carbocycles. The zero-order chi connectivity index (χ0) is 22.2. The van der Waals surface area contributed by atoms with E-state index < -0.39 is 5.54 Å². The smallest absolute Gasteiger partial charge is 0.326 e. The third kappa shape index (κ3) is 4.25. The predicted molar refractivity (Wildman–Crippen MR) is 121 cm³/mol. The minimum atomic E-state index is -0.682. The molecule has 3 aliphatic rings. The standard InChI is InChI=1S/C24H36N4O3/c1-23(2,3)18-9-11-24(12-10-18)21(29)28(22(30)25-24)17-26-13-15-27(16-14-26)19-7-5-6-8-20(19)31-4/h5-8,18H,9-17H2,1-4H3,(H,25,30). The van der Waals surface area contributed by atoms with Crippen molar-refractivity contribution in [2.45, 2.75) is 52.0 Å². The van der Waals surface area contributed by atoms with Crippen molar-refractivity contribution < 1.29 is 14.3 Å². The van der Waals surface area contributed by atoms with E-state index in [9.17, 15) is 9.59 Å². The number of hydrogen-bond donors (Lipinski definition) is 1. The fraction of sp³-hybridized carbons (Fsp3) is 0.667. The molecule has 2 saturated heterocycles. The van der Waals surface area contributed by atoms with E-state index in [0.29, 0.717) is 12.6 Å². The molecule has 3 amide bonds. The molecule has 0 atom stereocenters. The Labute approximate surface area is 185 Å². The Balaban J connectivity index is 1.34. The topological polar surface area (TPSA) is 65.1 Å². The van der Waals surface area contributed by atoms with Crippen molar-refractivity contribution in [1.29, 1.82) is 0 Å². The Morgan fingerprint density at radius 3 is 2.32 bits per heavy atom. The van der Waals surface area contributed by atoms with Gasteiger partial charge in [-0.3, -0.25) is 9.69 Å². The minimum Gasteiger partial charge on any atom is -0.495 e. The van der Waals surface area contributed by atoms with E-state index in [-0.39, 0.29) is 17.4 Å². The SMILES string of the molecule is COc1ccccc1N1CCN(CN2C(=O)NC3(CCC(C(C)(C)C)CC3)C2=O)CC1. The minimum absolute atomic E-state index is 0.0305. The van der Waals surface area contributed by atoms with E-state index in [1.807, 2.05) is 18.2 Å². The van der Waals surface area contributed by atoms with Gasteiger partial charge < -0.3 is 15.0 Å². The number of para-hydroxylation sites is 2. The summed E-state index contributed by atoms with van der Waals surface area (Å²) in [5.41, 5.74) is 0.653. The summed E-state index contributed by atoms with van der Waals surface area (Å²) in [6, 6.07) is 7.81. The van der Waals surface area contributed by atoms with Crippen molar-refractivity contribution in [3.05, 3.63) is 24.3 Å². The van der Waals surface area contributed by atoms with Gasteiger partial charge in [0.1, 0.15) is 11.3 Å². The average Bonchev–Trinajstić information content (AvgIpc) is 2.98. The number of nitrogens with one attached hydrogen (secondary N) is 1. The van der Waals surface area contributed by atoms with Gasteiger partial charge in [0, 0.05) is 26.2 Å². The molecule has 7 heteroatoms. The number of nitrogens with zero attached hydrogens (tertiary/aromatic N) is 3. The fourth-order valence-corrected chi connectivity index (χ4v) is 5.34. The Bertz CT molecular complexity index is 818. The number of carbonyl (C=O) groups is 2. The second kappa shape index (κ2) is 8.34. The van der Waals surface area contributed by atoms with Gasteiger partial charge in [-0.25, -0.2) is 9.69 Å². The molecule has 0 bridgehead atoms. The van der Waals surface area contributed by atoms with E-state index in [1.54, 1.807) is 7.11 Å². The molecule has 0 aromatic heterocycles. The summed E-state index contributed by atoms with van der Waals surface area (Å²) >= 11 is 0. The second-order valence-corrected chi connectivity index (χ2v) is 10.3. The molecular weight excluding hydrogens is 392 g/mol. The number of rotatable bonds is 4. The third-order valence-corrected chi connectivity index (χ3v) is 7.45. The second-order valence-electron chi connectivity index (χ2n) is 10.3. The highest BCUT2D eigenvalue weighted by atomic mass is 16.5. The molecule has 0 unspecified atom stereocenters. The van der Waals surface area contributed by atoms with Gasteiger partial charge in [0.05, 0.1) is 19.5 Å². The summed E-state index contributed by atoms with van der Waals surface area (Å²) < 4.78 is 5.49. The number of piperazine rings is 1. The molecular formula is C24H36N4O3. The number of imide groups is 1. The molecule has 1 N–H and O–H groups in total. The van der Waals surface area contributed by atoms with Crippen LogP contribution in [0.25, 0.3) is 0 Å². The number of methoxy groups -OCH3 is 1. The summed E-state index contributed by atoms with van der Waals surface area (Å²) in [4.78, 5) is 31.9. The molecule has 3 fully saturated rings. The number of benzene rings is 1. The Morgan fingerprint density at radius 2 is 1.71 bits per heavy atom. The maximum Gasteiger partial charge on any atom is 0.326 e. The van der Waals surface area contributed by atoms with Crippen LogP contribution in [-0.2, 0) is 4.79 Å². The van der Waals surface area contributed by atoms with Crippen LogP contribution in [-0.4, -0.2) is 67.2 Å². The van der Waals surface area contributed by atoms with Crippen LogP contribution in [0, 0.1) is 11.3 Å². The van der Waals surface area contributed by atoms with Crippen LogP contribution >= 0.6 is 0 Å². The van der Waals surface area contributed by atoms with E-state index in [0.717, 1.165) is 63.3 Å². The maximum absolute atomic E-state index is 13.3. The summed E-state index contributed by atoms with van der Waals surface area (Å²) in [5, 5.41) is 3.06. The van der Waals surface area contributed by atoms with Gasteiger partial charge in [-0.05, 0) is 49.1 Å². The van der Waals surface area contributed by atoms with Gasteiger partial charge in [0.2, 0.25) is 0 Å². The number of hydrogen-bond acceptors (Lipinski definition) is 5. The Hall–Kier alpha value is -2.28. The molecule has 0 radical (unpaired) electrons. The number of anilines is 1. The molecule has 1 aliphatic carbocycles. The Kier molecular flexibility index (Phi) is 5.90. The number of carbonyl (C=O) groups excluding carboxylic acids is 2. The van der Waals surface area contributed by atoms with E-state index in [1.165, 1.54) is 4.90 Å². The van der Waals surface area contributed by atoms with E-state index >= 15 is 0 Å². The van der Waals surface area contributed by atoms with Crippen molar-refractivity contribution in [3.63, 3.8) is 0 Å². The first-order chi connectivity index (χ1) is 14.7. The quantitative estimate of drug-likeness (QED) is 0.746. The highest BCUT2D eigenvalue weighted by Crippen LogP contribution is 2.43. The lowest BCUT2D eigenvalue weighted by Crippen LogP contribution is -2.53. The normalized spacial score (nSPS) is 27.7. The number of ether oxygens (including phenoxy) is 1. The van der Waals surface area contributed by atoms with Crippen LogP contribution in [0.1, 0.15) is 46.5 Å². The van der Waals surface area contributed by atoms with Crippen LogP contribution in [0.4, 0.5) is 10.5 Å². The molecule has 2 heterocycles. The lowest BCUT2D eigenvalue weighted by molar-refractivity contribution is -0.134. The van der Waals surface area contributed by atoms with Crippen LogP contribution in [0.15, 0.2) is 24.3 Å². The monoisotopic (exact) mass is 428 g/mol. The van der Waals surface area contributed by atoms with Crippen molar-refractivity contribution >= 4 is 17.6 Å². The summed E-state index contributed by atoms with van der Waals surface area (Å²) in [6.45, 7) is 10.4. The van der Waals surface area contributed by atoms with Crippen molar-refractivity contribution in [1.82, 2.24) is 15.1 Å². The average molecular weight is 429 g/mol. The van der Waals surface area contributed by atoms with Crippen LogP contribution in [0.5, 0.6) is 5.75 Å². The first kappa shape index (κ1) is 21.9. The van der Waals surface area contributed by atoms with Crippen molar-refractivity contribution in [3.8, 4) is 5.75 Å². The molecule has 1 aromatic rings. The molecule has 170 valence electrons. The molecule has 1 spiro atoms.